The Morgan fingerprint density at radius 3 is 2.41 bits per heavy atom. The van der Waals surface area contributed by atoms with E-state index in [9.17, 15) is 32.1 Å². The largest absolute Gasteiger partial charge is 0.476 e. The number of benzene rings is 2. The molecule has 2 aliphatic heterocycles. The molecule has 0 aromatic heterocycles. The SMILES string of the molecule is Cc1ccc(S(=O)(=O)OC2=C(C(=O)O)N3C(=O)C(NC(=O)Cc4ccccc4)[C@@H]3S(=O)C2)cc1. The van der Waals surface area contributed by atoms with Crippen molar-refractivity contribution < 1.29 is 36.3 Å². The molecule has 0 aliphatic carbocycles. The number of carboxylic acids is 1. The van der Waals surface area contributed by atoms with Crippen LogP contribution < -0.4 is 5.32 Å². The molecule has 178 valence electrons. The van der Waals surface area contributed by atoms with Gasteiger partial charge in [-0.25, -0.2) is 4.79 Å². The summed E-state index contributed by atoms with van der Waals surface area (Å²) in [6.45, 7) is 1.76. The minimum atomic E-state index is -4.43. The number of aryl methyl sites for hydroxylation is 1. The van der Waals surface area contributed by atoms with Crippen molar-refractivity contribution >= 4 is 38.7 Å². The number of rotatable bonds is 7. The quantitative estimate of drug-likeness (QED) is 0.413. The van der Waals surface area contributed by atoms with Gasteiger partial charge in [0.2, 0.25) is 5.91 Å². The molecule has 2 aromatic rings. The molecule has 1 fully saturated rings. The summed E-state index contributed by atoms with van der Waals surface area (Å²) in [5, 5.41) is 11.0. The van der Waals surface area contributed by atoms with Crippen LogP contribution in [-0.4, -0.2) is 57.6 Å². The van der Waals surface area contributed by atoms with Crippen molar-refractivity contribution in [3.8, 4) is 0 Å². The minimum Gasteiger partial charge on any atom is -0.476 e. The van der Waals surface area contributed by atoms with Gasteiger partial charge in [0.15, 0.2) is 11.5 Å². The Kier molecular flexibility index (Phi) is 6.28. The van der Waals surface area contributed by atoms with Crippen LogP contribution in [-0.2, 0) is 45.9 Å². The second-order valence-electron chi connectivity index (χ2n) is 7.76. The predicted octanol–water partition coefficient (Wildman–Crippen LogP) is 0.655. The monoisotopic (exact) mass is 504 g/mol. The lowest BCUT2D eigenvalue weighted by molar-refractivity contribution is -0.151. The number of β-lactam (4-membered cyclic amide) rings is 1. The molecule has 2 aliphatic rings. The molecule has 0 saturated carbocycles. The number of aliphatic carboxylic acids is 1. The van der Waals surface area contributed by atoms with Crippen LogP contribution in [0.3, 0.4) is 0 Å². The number of nitrogens with zero attached hydrogens (tertiary/aromatic N) is 1. The molecule has 2 aromatic carbocycles. The number of carboxylic acid groups (broad SMARTS) is 1. The molecule has 3 atom stereocenters. The minimum absolute atomic E-state index is 0.0191. The van der Waals surface area contributed by atoms with Gasteiger partial charge in [-0.3, -0.25) is 18.7 Å². The van der Waals surface area contributed by atoms with Gasteiger partial charge < -0.3 is 14.6 Å². The Morgan fingerprint density at radius 2 is 1.79 bits per heavy atom. The molecule has 10 nitrogen and oxygen atoms in total. The molecule has 34 heavy (non-hydrogen) atoms. The van der Waals surface area contributed by atoms with Gasteiger partial charge in [-0.1, -0.05) is 48.0 Å². The van der Waals surface area contributed by atoms with E-state index < -0.39 is 67.3 Å². The van der Waals surface area contributed by atoms with Crippen molar-refractivity contribution in [1.29, 1.82) is 0 Å². The fraction of sp³-hybridized carbons (Fsp3) is 0.227. The van der Waals surface area contributed by atoms with Crippen molar-refractivity contribution in [3.05, 3.63) is 77.2 Å². The van der Waals surface area contributed by atoms with Gasteiger partial charge in [-0.05, 0) is 24.6 Å². The lowest BCUT2D eigenvalue weighted by Gasteiger charge is -2.48. The third-order valence-electron chi connectivity index (χ3n) is 5.34. The first-order valence-electron chi connectivity index (χ1n) is 10.1. The van der Waals surface area contributed by atoms with Crippen molar-refractivity contribution in [1.82, 2.24) is 10.2 Å². The molecule has 2 heterocycles. The number of amides is 2. The van der Waals surface area contributed by atoms with Crippen LogP contribution in [0.4, 0.5) is 0 Å². The maximum absolute atomic E-state index is 12.9. The topological polar surface area (TPSA) is 147 Å². The molecule has 4 rings (SSSR count). The zero-order chi connectivity index (χ0) is 24.6. The van der Waals surface area contributed by atoms with Crippen molar-refractivity contribution in [2.75, 3.05) is 5.75 Å². The number of hydrogen-bond acceptors (Lipinski definition) is 7. The molecule has 2 amide bonds. The highest BCUT2D eigenvalue weighted by Gasteiger charge is 2.58. The molecule has 0 bridgehead atoms. The van der Waals surface area contributed by atoms with E-state index in [0.717, 1.165) is 10.5 Å². The Hall–Kier alpha value is -3.51. The first-order chi connectivity index (χ1) is 16.1. The highest BCUT2D eigenvalue weighted by atomic mass is 32.2. The highest BCUT2D eigenvalue weighted by Crippen LogP contribution is 2.36. The van der Waals surface area contributed by atoms with Gasteiger partial charge in [-0.15, -0.1) is 0 Å². The third-order valence-corrected chi connectivity index (χ3v) is 8.18. The van der Waals surface area contributed by atoms with Crippen molar-refractivity contribution in [2.24, 2.45) is 0 Å². The zero-order valence-electron chi connectivity index (χ0n) is 17.8. The maximum atomic E-state index is 12.9. The van der Waals surface area contributed by atoms with Gasteiger partial charge in [-0.2, -0.15) is 8.42 Å². The van der Waals surface area contributed by atoms with Gasteiger partial charge >= 0.3 is 16.1 Å². The van der Waals surface area contributed by atoms with Crippen LogP contribution in [0.1, 0.15) is 11.1 Å². The Bertz CT molecular complexity index is 1320. The summed E-state index contributed by atoms with van der Waals surface area (Å²) in [5.41, 5.74) is 0.799. The predicted molar refractivity (Wildman–Crippen MR) is 120 cm³/mol. The van der Waals surface area contributed by atoms with Crippen LogP contribution in [0.5, 0.6) is 0 Å². The summed E-state index contributed by atoms with van der Waals surface area (Å²) >= 11 is 0. The summed E-state index contributed by atoms with van der Waals surface area (Å²) in [5.74, 6) is -4.08. The third kappa shape index (κ3) is 4.46. The number of carbonyl (C=O) groups excluding carboxylic acids is 2. The standard InChI is InChI=1S/C22H20N2O8S2/c1-13-7-9-15(10-8-13)34(30,31)32-16-12-33(29)21-18(20(26)24(21)19(16)22(27)28)23-17(25)11-14-5-3-2-4-6-14/h2-10,18,21H,11-12H2,1H3,(H,23,25)(H,27,28)/t18?,21-,33?/m0/s1. The van der Waals surface area contributed by atoms with E-state index in [1.165, 1.54) is 12.1 Å². The maximum Gasteiger partial charge on any atom is 0.356 e. The Morgan fingerprint density at radius 1 is 1.15 bits per heavy atom. The number of nitrogens with one attached hydrogen (secondary N) is 1. The van der Waals surface area contributed by atoms with E-state index in [1.54, 1.807) is 49.4 Å². The molecule has 2 N–H and O–H groups in total. The van der Waals surface area contributed by atoms with Gasteiger partial charge in [0.25, 0.3) is 5.91 Å². The molecule has 0 radical (unpaired) electrons. The number of hydrogen-bond donors (Lipinski definition) is 2. The fourth-order valence-corrected chi connectivity index (χ4v) is 6.30. The van der Waals surface area contributed by atoms with Gasteiger partial charge in [0, 0.05) is 0 Å². The first-order valence-corrected chi connectivity index (χ1v) is 12.9. The molecule has 1 saturated heterocycles. The van der Waals surface area contributed by atoms with Crippen LogP contribution in [0.25, 0.3) is 0 Å². The highest BCUT2D eigenvalue weighted by molar-refractivity contribution is 7.87. The lowest BCUT2D eigenvalue weighted by atomic mass is 10.0. The smallest absolute Gasteiger partial charge is 0.356 e. The first kappa shape index (κ1) is 23.6. The summed E-state index contributed by atoms with van der Waals surface area (Å²) in [6.07, 6.45) is -0.0191. The van der Waals surface area contributed by atoms with E-state index in [-0.39, 0.29) is 11.3 Å². The normalized spacial score (nSPS) is 22.0. The number of fused-ring (bicyclic) bond motifs is 1. The molecular formula is C22H20N2O8S2. The van der Waals surface area contributed by atoms with Crippen LogP contribution in [0.2, 0.25) is 0 Å². The van der Waals surface area contributed by atoms with Gasteiger partial charge in [0.1, 0.15) is 16.3 Å². The second-order valence-corrected chi connectivity index (χ2v) is 10.8. The van der Waals surface area contributed by atoms with E-state index in [2.05, 4.69) is 5.32 Å². The fourth-order valence-electron chi connectivity index (χ4n) is 3.70. The van der Waals surface area contributed by atoms with Crippen LogP contribution >= 0.6 is 0 Å². The summed E-state index contributed by atoms with van der Waals surface area (Å²) < 4.78 is 43.2. The molecular weight excluding hydrogens is 484 g/mol. The average Bonchev–Trinajstić information content (AvgIpc) is 2.77. The van der Waals surface area contributed by atoms with Crippen molar-refractivity contribution in [3.63, 3.8) is 0 Å². The second kappa shape index (κ2) is 9.03. The molecule has 0 spiro atoms. The summed E-state index contributed by atoms with van der Waals surface area (Å²) in [6, 6.07) is 13.2. The Balaban J connectivity index is 1.56. The van der Waals surface area contributed by atoms with Crippen LogP contribution in [0, 0.1) is 6.92 Å². The lowest BCUT2D eigenvalue weighted by Crippen LogP contribution is -2.73. The zero-order valence-corrected chi connectivity index (χ0v) is 19.5. The average molecular weight is 505 g/mol. The van der Waals surface area contributed by atoms with E-state index in [1.807, 2.05) is 0 Å². The van der Waals surface area contributed by atoms with E-state index >= 15 is 0 Å². The summed E-state index contributed by atoms with van der Waals surface area (Å²) in [7, 11) is -6.36. The van der Waals surface area contributed by atoms with Crippen LogP contribution in [0.15, 0.2) is 70.9 Å². The number of carbonyl (C=O) groups is 3. The Labute approximate surface area is 197 Å². The van der Waals surface area contributed by atoms with E-state index in [0.29, 0.717) is 5.56 Å². The molecule has 12 heteroatoms. The van der Waals surface area contributed by atoms with E-state index in [4.69, 9.17) is 4.18 Å². The molecule has 2 unspecified atom stereocenters. The van der Waals surface area contributed by atoms with Crippen molar-refractivity contribution in [2.45, 2.75) is 29.7 Å². The van der Waals surface area contributed by atoms with Gasteiger partial charge in [0.05, 0.1) is 23.0 Å². The summed E-state index contributed by atoms with van der Waals surface area (Å²) in [4.78, 5) is 37.5.